The lowest BCUT2D eigenvalue weighted by atomic mass is 10.1. The Morgan fingerprint density at radius 1 is 1.17 bits per heavy atom. The monoisotopic (exact) mass is 406 g/mol. The summed E-state index contributed by atoms with van der Waals surface area (Å²) in [4.78, 5) is 23.0. The molecule has 0 N–H and O–H groups in total. The number of aromatic nitrogens is 5. The molecule has 5 rings (SSSR count). The molecule has 0 aromatic carbocycles. The molecule has 0 saturated carbocycles. The second-order valence-corrected chi connectivity index (χ2v) is 7.31. The van der Waals surface area contributed by atoms with Gasteiger partial charge in [-0.2, -0.15) is 10.1 Å². The van der Waals surface area contributed by atoms with Crippen molar-refractivity contribution in [2.75, 3.05) is 13.1 Å². The van der Waals surface area contributed by atoms with Crippen LogP contribution in [0.2, 0.25) is 0 Å². The van der Waals surface area contributed by atoms with Crippen molar-refractivity contribution < 1.29 is 13.7 Å². The molecule has 152 valence electrons. The van der Waals surface area contributed by atoms with Gasteiger partial charge >= 0.3 is 0 Å². The number of nitrogens with zero attached hydrogens (tertiary/aromatic N) is 6. The van der Waals surface area contributed by atoms with Crippen LogP contribution in [0.3, 0.4) is 0 Å². The van der Waals surface area contributed by atoms with Gasteiger partial charge < -0.3 is 9.42 Å². The number of fused-ring (bicyclic) bond motifs is 1. The van der Waals surface area contributed by atoms with Gasteiger partial charge in [-0.15, -0.1) is 0 Å². The van der Waals surface area contributed by atoms with E-state index in [1.54, 1.807) is 17.6 Å². The van der Waals surface area contributed by atoms with Crippen LogP contribution >= 0.6 is 0 Å². The van der Waals surface area contributed by atoms with Crippen LogP contribution in [0.5, 0.6) is 0 Å². The van der Waals surface area contributed by atoms with Crippen molar-refractivity contribution in [1.29, 1.82) is 0 Å². The van der Waals surface area contributed by atoms with Crippen LogP contribution in [0.15, 0.2) is 41.2 Å². The molecule has 0 unspecified atom stereocenters. The van der Waals surface area contributed by atoms with Gasteiger partial charge in [-0.1, -0.05) is 11.2 Å². The summed E-state index contributed by atoms with van der Waals surface area (Å²) in [5.41, 5.74) is 2.41. The Morgan fingerprint density at radius 3 is 2.73 bits per heavy atom. The molecule has 1 amide bonds. The summed E-state index contributed by atoms with van der Waals surface area (Å²) in [6, 6.07) is 6.84. The first-order valence-electron chi connectivity index (χ1n) is 9.84. The minimum Gasteiger partial charge on any atom is -0.339 e. The fourth-order valence-corrected chi connectivity index (χ4v) is 3.80. The predicted molar refractivity (Wildman–Crippen MR) is 106 cm³/mol. The summed E-state index contributed by atoms with van der Waals surface area (Å²) in [5, 5.41) is 8.12. The zero-order chi connectivity index (χ0) is 20.7. The highest BCUT2D eigenvalue weighted by molar-refractivity contribution is 6.01. The second-order valence-electron chi connectivity index (χ2n) is 7.31. The van der Waals surface area contributed by atoms with Gasteiger partial charge in [0.15, 0.2) is 5.82 Å². The van der Waals surface area contributed by atoms with E-state index in [0.717, 1.165) is 32.4 Å². The fraction of sp³-hybridized carbons (Fsp3) is 0.286. The Balaban J connectivity index is 1.53. The first-order valence-corrected chi connectivity index (χ1v) is 9.84. The number of carbonyl (C=O) groups is 1. The Kier molecular flexibility index (Phi) is 4.50. The maximum Gasteiger partial charge on any atom is 0.257 e. The Morgan fingerprint density at radius 2 is 2.00 bits per heavy atom. The quantitative estimate of drug-likeness (QED) is 0.517. The number of carbonyl (C=O) groups excluding carboxylic acids is 1. The highest BCUT2D eigenvalue weighted by atomic mass is 19.1. The van der Waals surface area contributed by atoms with Crippen LogP contribution in [-0.2, 0) is 0 Å². The van der Waals surface area contributed by atoms with Gasteiger partial charge in [0.05, 0.1) is 23.0 Å². The summed E-state index contributed by atoms with van der Waals surface area (Å²) >= 11 is 0. The van der Waals surface area contributed by atoms with Crippen LogP contribution < -0.4 is 0 Å². The Hall–Kier alpha value is -3.62. The van der Waals surface area contributed by atoms with Gasteiger partial charge in [0.2, 0.25) is 11.7 Å². The van der Waals surface area contributed by atoms with Gasteiger partial charge in [0.25, 0.3) is 5.91 Å². The molecular formula is C21H19FN6O2. The first kappa shape index (κ1) is 18.4. The lowest BCUT2D eigenvalue weighted by Crippen LogP contribution is -2.35. The Labute approximate surface area is 171 Å². The van der Waals surface area contributed by atoms with Crippen molar-refractivity contribution in [3.05, 3.63) is 53.9 Å². The molecule has 1 fully saturated rings. The van der Waals surface area contributed by atoms with E-state index in [4.69, 9.17) is 4.52 Å². The average Bonchev–Trinajstić information content (AvgIpc) is 3.40. The second kappa shape index (κ2) is 7.33. The fourth-order valence-electron chi connectivity index (χ4n) is 3.80. The molecule has 0 spiro atoms. The van der Waals surface area contributed by atoms with E-state index in [1.807, 2.05) is 23.1 Å². The van der Waals surface area contributed by atoms with Crippen LogP contribution in [0.1, 0.15) is 35.5 Å². The van der Waals surface area contributed by atoms with E-state index in [1.165, 1.54) is 12.3 Å². The van der Waals surface area contributed by atoms with Gasteiger partial charge in [0.1, 0.15) is 5.69 Å². The van der Waals surface area contributed by atoms with Crippen molar-refractivity contribution in [3.8, 4) is 22.8 Å². The van der Waals surface area contributed by atoms with Gasteiger partial charge in [-0.05, 0) is 37.5 Å². The van der Waals surface area contributed by atoms with Crippen molar-refractivity contribution in [1.82, 2.24) is 29.6 Å². The topological polar surface area (TPSA) is 89.4 Å². The molecule has 0 aliphatic carbocycles. The zero-order valence-corrected chi connectivity index (χ0v) is 16.4. The third-order valence-corrected chi connectivity index (χ3v) is 5.29. The normalized spacial score (nSPS) is 14.4. The van der Waals surface area contributed by atoms with Crippen molar-refractivity contribution in [2.24, 2.45) is 0 Å². The van der Waals surface area contributed by atoms with E-state index in [9.17, 15) is 9.18 Å². The SMILES string of the molecule is Cc1nc(-c2ncc(-c3cccc4c(C(=O)N5CCCCC5)cnn34)cc2F)no1. The molecule has 30 heavy (non-hydrogen) atoms. The third kappa shape index (κ3) is 3.12. The molecule has 1 aliphatic rings. The number of piperidine rings is 1. The number of amides is 1. The van der Waals surface area contributed by atoms with Crippen LogP contribution in [0.25, 0.3) is 28.3 Å². The molecule has 8 nitrogen and oxygen atoms in total. The van der Waals surface area contributed by atoms with Crippen LogP contribution in [0.4, 0.5) is 4.39 Å². The van der Waals surface area contributed by atoms with Gasteiger partial charge in [-0.25, -0.2) is 13.9 Å². The van der Waals surface area contributed by atoms with E-state index >= 15 is 0 Å². The molecule has 4 aromatic heterocycles. The molecule has 1 saturated heterocycles. The number of likely N-dealkylation sites (tertiary alicyclic amines) is 1. The van der Waals surface area contributed by atoms with E-state index < -0.39 is 5.82 Å². The molecule has 4 aromatic rings. The minimum absolute atomic E-state index is 0.0178. The number of rotatable bonds is 3. The van der Waals surface area contributed by atoms with E-state index in [0.29, 0.717) is 28.2 Å². The van der Waals surface area contributed by atoms with Gasteiger partial charge in [-0.3, -0.25) is 4.79 Å². The number of hydrogen-bond acceptors (Lipinski definition) is 6. The third-order valence-electron chi connectivity index (χ3n) is 5.29. The number of pyridine rings is 2. The van der Waals surface area contributed by atoms with E-state index in [-0.39, 0.29) is 17.4 Å². The molecular weight excluding hydrogens is 387 g/mol. The molecule has 5 heterocycles. The largest absolute Gasteiger partial charge is 0.339 e. The smallest absolute Gasteiger partial charge is 0.257 e. The van der Waals surface area contributed by atoms with Crippen LogP contribution in [0, 0.1) is 12.7 Å². The summed E-state index contributed by atoms with van der Waals surface area (Å²) < 4.78 is 21.3. The molecule has 0 bridgehead atoms. The number of hydrogen-bond donors (Lipinski definition) is 0. The summed E-state index contributed by atoms with van der Waals surface area (Å²) in [6.07, 6.45) is 6.31. The summed E-state index contributed by atoms with van der Waals surface area (Å²) in [6.45, 7) is 3.16. The Bertz CT molecular complexity index is 1240. The lowest BCUT2D eigenvalue weighted by Gasteiger charge is -2.26. The molecule has 9 heteroatoms. The van der Waals surface area contributed by atoms with Gasteiger partial charge in [0, 0.05) is 31.8 Å². The first-order chi connectivity index (χ1) is 14.6. The maximum absolute atomic E-state index is 14.7. The lowest BCUT2D eigenvalue weighted by molar-refractivity contribution is 0.0726. The highest BCUT2D eigenvalue weighted by Crippen LogP contribution is 2.26. The zero-order valence-electron chi connectivity index (χ0n) is 16.4. The molecule has 0 atom stereocenters. The van der Waals surface area contributed by atoms with Crippen molar-refractivity contribution in [2.45, 2.75) is 26.2 Å². The number of halogens is 1. The average molecular weight is 406 g/mol. The summed E-state index contributed by atoms with van der Waals surface area (Å²) in [5.74, 6) is -0.151. The number of aryl methyl sites for hydroxylation is 1. The van der Waals surface area contributed by atoms with E-state index in [2.05, 4.69) is 20.2 Å². The van der Waals surface area contributed by atoms with Crippen molar-refractivity contribution >= 4 is 11.4 Å². The predicted octanol–water partition coefficient (Wildman–Crippen LogP) is 3.52. The minimum atomic E-state index is -0.568. The standard InChI is InChI=1S/C21H19FN6O2/c1-13-25-20(26-30-13)19-16(22)10-14(11-23-19)17-6-5-7-18-15(12-24-28(17)18)21(29)27-8-3-2-4-9-27/h5-7,10-12H,2-4,8-9H2,1H3. The van der Waals surface area contributed by atoms with Crippen molar-refractivity contribution in [3.63, 3.8) is 0 Å². The van der Waals surface area contributed by atoms with Crippen LogP contribution in [-0.4, -0.2) is 48.6 Å². The maximum atomic E-state index is 14.7. The summed E-state index contributed by atoms with van der Waals surface area (Å²) in [7, 11) is 0. The molecule has 0 radical (unpaired) electrons. The molecule has 1 aliphatic heterocycles. The highest BCUT2D eigenvalue weighted by Gasteiger charge is 2.22.